The summed E-state index contributed by atoms with van der Waals surface area (Å²) in [5, 5.41) is 0. The minimum absolute atomic E-state index is 0.0832. The second-order valence-corrected chi connectivity index (χ2v) is 7.40. The third kappa shape index (κ3) is 2.44. The molecule has 1 aliphatic rings. The van der Waals surface area contributed by atoms with Gasteiger partial charge in [0.15, 0.2) is 5.54 Å². The molecule has 1 aliphatic heterocycles. The summed E-state index contributed by atoms with van der Waals surface area (Å²) in [4.78, 5) is 12.5. The van der Waals surface area contributed by atoms with E-state index in [2.05, 4.69) is 0 Å². The number of rotatable bonds is 4. The van der Waals surface area contributed by atoms with Crippen molar-refractivity contribution >= 4 is 16.0 Å². The van der Waals surface area contributed by atoms with E-state index in [0.717, 1.165) is 5.56 Å². The maximum atomic E-state index is 12.8. The summed E-state index contributed by atoms with van der Waals surface area (Å²) in [5.41, 5.74) is 0.319. The summed E-state index contributed by atoms with van der Waals surface area (Å²) in [6, 6.07) is 15.4. The highest BCUT2D eigenvalue weighted by Crippen LogP contribution is 2.47. The molecule has 1 fully saturated rings. The monoisotopic (exact) mass is 331 g/mol. The second kappa shape index (κ2) is 5.47. The molecule has 2 aromatic carbocycles. The van der Waals surface area contributed by atoms with Crippen LogP contribution >= 0.6 is 0 Å². The van der Waals surface area contributed by atoms with Gasteiger partial charge in [-0.2, -0.15) is 4.31 Å². The van der Waals surface area contributed by atoms with E-state index in [4.69, 9.17) is 4.74 Å². The first-order chi connectivity index (χ1) is 10.9. The molecule has 1 saturated heterocycles. The number of hydrogen-bond donors (Lipinski definition) is 0. The summed E-state index contributed by atoms with van der Waals surface area (Å²) in [6.45, 7) is 1.97. The SMILES string of the molecule is COC(=O)C1(c2ccccc2)CN1S(=O)(=O)c1ccc(C)cc1. The lowest BCUT2D eigenvalue weighted by molar-refractivity contribution is -0.144. The van der Waals surface area contributed by atoms with Crippen LogP contribution in [0.2, 0.25) is 0 Å². The number of aryl methyl sites for hydroxylation is 1. The largest absolute Gasteiger partial charge is 0.467 e. The molecule has 2 atom stereocenters. The molecule has 2 aromatic rings. The van der Waals surface area contributed by atoms with Crippen LogP contribution in [-0.2, 0) is 25.1 Å². The minimum Gasteiger partial charge on any atom is -0.467 e. The molecule has 3 rings (SSSR count). The smallest absolute Gasteiger partial charge is 0.333 e. The Bertz CT molecular complexity index is 831. The van der Waals surface area contributed by atoms with Crippen molar-refractivity contribution in [2.45, 2.75) is 17.4 Å². The Kier molecular flexibility index (Phi) is 3.74. The number of nitrogens with zero attached hydrogens (tertiary/aromatic N) is 1. The van der Waals surface area contributed by atoms with Crippen LogP contribution in [0.3, 0.4) is 0 Å². The molecule has 0 amide bonds. The second-order valence-electron chi connectivity index (χ2n) is 5.54. The van der Waals surface area contributed by atoms with Gasteiger partial charge in [0.05, 0.1) is 18.6 Å². The zero-order valence-electron chi connectivity index (χ0n) is 12.9. The van der Waals surface area contributed by atoms with Gasteiger partial charge in [-0.3, -0.25) is 0 Å². The highest BCUT2D eigenvalue weighted by Gasteiger charge is 2.66. The van der Waals surface area contributed by atoms with Crippen LogP contribution in [0.4, 0.5) is 0 Å². The molecule has 6 heteroatoms. The van der Waals surface area contributed by atoms with E-state index in [0.29, 0.717) is 5.56 Å². The third-order valence-electron chi connectivity index (χ3n) is 4.08. The Hall–Kier alpha value is -2.18. The van der Waals surface area contributed by atoms with E-state index < -0.39 is 21.5 Å². The molecular formula is C17H17NO4S. The van der Waals surface area contributed by atoms with Gasteiger partial charge in [-0.05, 0) is 24.6 Å². The van der Waals surface area contributed by atoms with E-state index in [9.17, 15) is 13.2 Å². The summed E-state index contributed by atoms with van der Waals surface area (Å²) in [5.74, 6) is -0.570. The maximum Gasteiger partial charge on any atom is 0.333 e. The minimum atomic E-state index is -3.76. The molecule has 120 valence electrons. The van der Waals surface area contributed by atoms with Gasteiger partial charge < -0.3 is 4.74 Å². The van der Waals surface area contributed by atoms with Gasteiger partial charge >= 0.3 is 5.97 Å². The van der Waals surface area contributed by atoms with Crippen LogP contribution in [0.25, 0.3) is 0 Å². The fourth-order valence-corrected chi connectivity index (χ4v) is 4.38. The van der Waals surface area contributed by atoms with Crippen molar-refractivity contribution in [2.24, 2.45) is 0 Å². The predicted octanol–water partition coefficient (Wildman–Crippen LogP) is 2.07. The fraction of sp³-hybridized carbons (Fsp3) is 0.235. The number of benzene rings is 2. The van der Waals surface area contributed by atoms with Crippen molar-refractivity contribution in [1.29, 1.82) is 0 Å². The van der Waals surface area contributed by atoms with Crippen LogP contribution in [0.5, 0.6) is 0 Å². The number of methoxy groups -OCH3 is 1. The molecule has 0 bridgehead atoms. The molecule has 1 heterocycles. The molecular weight excluding hydrogens is 314 g/mol. The van der Waals surface area contributed by atoms with Gasteiger partial charge in [0.25, 0.3) is 0 Å². The lowest BCUT2D eigenvalue weighted by Gasteiger charge is -2.16. The van der Waals surface area contributed by atoms with Crippen LogP contribution in [0, 0.1) is 6.92 Å². The fourth-order valence-electron chi connectivity index (χ4n) is 2.70. The van der Waals surface area contributed by atoms with Crippen molar-refractivity contribution in [3.8, 4) is 0 Å². The maximum absolute atomic E-state index is 12.8. The molecule has 0 saturated carbocycles. The van der Waals surface area contributed by atoms with E-state index in [1.807, 2.05) is 13.0 Å². The van der Waals surface area contributed by atoms with E-state index >= 15 is 0 Å². The van der Waals surface area contributed by atoms with Crippen LogP contribution in [0.15, 0.2) is 59.5 Å². The number of hydrogen-bond acceptors (Lipinski definition) is 4. The Labute approximate surface area is 135 Å². The average Bonchev–Trinajstić information content (AvgIpc) is 3.33. The zero-order chi connectivity index (χ0) is 16.7. The Morgan fingerprint density at radius 2 is 1.70 bits per heavy atom. The van der Waals surface area contributed by atoms with Crippen molar-refractivity contribution in [3.05, 3.63) is 65.7 Å². The number of sulfonamides is 1. The zero-order valence-corrected chi connectivity index (χ0v) is 13.7. The Morgan fingerprint density at radius 1 is 1.09 bits per heavy atom. The standard InChI is InChI=1S/C17H17NO4S/c1-13-8-10-15(11-9-13)23(20,21)18-12-17(18,16(19)22-2)14-6-4-3-5-7-14/h3-11H,12H2,1-2H3. The quantitative estimate of drug-likeness (QED) is 0.635. The van der Waals surface area contributed by atoms with Gasteiger partial charge in [0.2, 0.25) is 10.0 Å². The van der Waals surface area contributed by atoms with Crippen molar-refractivity contribution in [1.82, 2.24) is 4.31 Å². The van der Waals surface area contributed by atoms with Gasteiger partial charge in [-0.25, -0.2) is 13.2 Å². The predicted molar refractivity (Wildman–Crippen MR) is 85.2 cm³/mol. The average molecular weight is 331 g/mol. The van der Waals surface area contributed by atoms with Crippen molar-refractivity contribution in [2.75, 3.05) is 13.7 Å². The Balaban J connectivity index is 2.04. The first kappa shape index (κ1) is 15.7. The number of ether oxygens (including phenoxy) is 1. The third-order valence-corrected chi connectivity index (χ3v) is 5.97. The first-order valence-electron chi connectivity index (χ1n) is 7.16. The topological polar surface area (TPSA) is 63.5 Å². The molecule has 0 radical (unpaired) electrons. The van der Waals surface area contributed by atoms with E-state index in [-0.39, 0.29) is 11.4 Å². The normalized spacial score (nSPS) is 23.3. The number of carbonyl (C=O) groups excluding carboxylic acids is 1. The van der Waals surface area contributed by atoms with Gasteiger partial charge in [0.1, 0.15) is 0 Å². The van der Waals surface area contributed by atoms with Crippen molar-refractivity contribution < 1.29 is 17.9 Å². The molecule has 0 aromatic heterocycles. The van der Waals surface area contributed by atoms with Crippen LogP contribution in [0.1, 0.15) is 11.1 Å². The first-order valence-corrected chi connectivity index (χ1v) is 8.60. The molecule has 2 unspecified atom stereocenters. The molecule has 23 heavy (non-hydrogen) atoms. The van der Waals surface area contributed by atoms with Gasteiger partial charge in [-0.15, -0.1) is 0 Å². The van der Waals surface area contributed by atoms with Gasteiger partial charge in [-0.1, -0.05) is 48.0 Å². The summed E-state index contributed by atoms with van der Waals surface area (Å²) >= 11 is 0. The molecule has 0 N–H and O–H groups in total. The number of carbonyl (C=O) groups is 1. The summed E-state index contributed by atoms with van der Waals surface area (Å²) < 4.78 is 31.7. The number of esters is 1. The van der Waals surface area contributed by atoms with Gasteiger partial charge in [0, 0.05) is 0 Å². The summed E-state index contributed by atoms with van der Waals surface area (Å²) in [7, 11) is -2.50. The highest BCUT2D eigenvalue weighted by atomic mass is 32.2. The van der Waals surface area contributed by atoms with E-state index in [1.54, 1.807) is 48.5 Å². The summed E-state index contributed by atoms with van der Waals surface area (Å²) in [6.07, 6.45) is 0. The molecule has 0 spiro atoms. The van der Waals surface area contributed by atoms with Crippen LogP contribution < -0.4 is 0 Å². The van der Waals surface area contributed by atoms with Crippen LogP contribution in [-0.4, -0.2) is 32.3 Å². The molecule has 0 aliphatic carbocycles. The lowest BCUT2D eigenvalue weighted by atomic mass is 10.00. The highest BCUT2D eigenvalue weighted by molar-refractivity contribution is 7.89. The lowest BCUT2D eigenvalue weighted by Crippen LogP contribution is -2.31. The Morgan fingerprint density at radius 3 is 2.26 bits per heavy atom. The van der Waals surface area contributed by atoms with E-state index in [1.165, 1.54) is 11.4 Å². The van der Waals surface area contributed by atoms with Crippen molar-refractivity contribution in [3.63, 3.8) is 0 Å². The molecule has 5 nitrogen and oxygen atoms in total.